The number of ether oxygens (including phenoxy) is 1. The average Bonchev–Trinajstić information content (AvgIpc) is 2.78. The van der Waals surface area contributed by atoms with Crippen molar-refractivity contribution in [3.8, 4) is 11.5 Å². The number of aliphatic hydroxyl groups excluding tert-OH is 1. The van der Waals surface area contributed by atoms with Crippen LogP contribution in [0.3, 0.4) is 0 Å². The maximum atomic E-state index is 10.8. The SMILES string of the molecule is COc1ccc(/C(=N/OCc2ccc([N+](=O)[O-])cc2)C2CCC(=CCO)CC2)cc1O. The smallest absolute Gasteiger partial charge is 0.269 e. The molecule has 0 amide bonds. The molecule has 0 spiro atoms. The van der Waals surface area contributed by atoms with Gasteiger partial charge in [-0.2, -0.15) is 0 Å². The van der Waals surface area contributed by atoms with Crippen LogP contribution < -0.4 is 4.74 Å². The quantitative estimate of drug-likeness (QED) is 0.281. The Morgan fingerprint density at radius 3 is 2.52 bits per heavy atom. The van der Waals surface area contributed by atoms with Crippen molar-refractivity contribution in [2.24, 2.45) is 11.1 Å². The summed E-state index contributed by atoms with van der Waals surface area (Å²) in [5, 5.41) is 34.5. The van der Waals surface area contributed by atoms with E-state index in [0.717, 1.165) is 42.5 Å². The Hall–Kier alpha value is -3.39. The third-order valence-corrected chi connectivity index (χ3v) is 5.41. The third-order valence-electron chi connectivity index (χ3n) is 5.41. The zero-order valence-corrected chi connectivity index (χ0v) is 17.4. The van der Waals surface area contributed by atoms with Gasteiger partial charge in [-0.05, 0) is 61.6 Å². The number of hydrogen-bond donors (Lipinski definition) is 2. The lowest BCUT2D eigenvalue weighted by Crippen LogP contribution is -2.20. The molecule has 1 fully saturated rings. The van der Waals surface area contributed by atoms with E-state index in [1.54, 1.807) is 24.3 Å². The Balaban J connectivity index is 1.79. The lowest BCUT2D eigenvalue weighted by molar-refractivity contribution is -0.384. The number of phenolic OH excluding ortho intramolecular Hbond substituents is 1. The predicted octanol–water partition coefficient (Wildman–Crippen LogP) is 4.34. The summed E-state index contributed by atoms with van der Waals surface area (Å²) in [7, 11) is 1.49. The minimum atomic E-state index is -0.445. The molecule has 0 unspecified atom stereocenters. The fourth-order valence-electron chi connectivity index (χ4n) is 3.70. The van der Waals surface area contributed by atoms with Gasteiger partial charge in [0.05, 0.1) is 24.4 Å². The minimum absolute atomic E-state index is 0.0237. The van der Waals surface area contributed by atoms with E-state index >= 15 is 0 Å². The first-order valence-corrected chi connectivity index (χ1v) is 10.1. The Bertz CT molecular complexity index is 959. The summed E-state index contributed by atoms with van der Waals surface area (Å²) in [6, 6.07) is 11.3. The van der Waals surface area contributed by atoms with E-state index in [-0.39, 0.29) is 30.6 Å². The molecule has 8 heteroatoms. The van der Waals surface area contributed by atoms with Crippen LogP contribution in [-0.4, -0.2) is 34.6 Å². The van der Waals surface area contributed by atoms with Crippen LogP contribution in [-0.2, 0) is 11.4 Å². The monoisotopic (exact) mass is 426 g/mol. The van der Waals surface area contributed by atoms with Gasteiger partial charge < -0.3 is 19.8 Å². The van der Waals surface area contributed by atoms with Crippen LogP contribution in [0.4, 0.5) is 5.69 Å². The highest BCUT2D eigenvalue weighted by atomic mass is 16.6. The molecule has 3 rings (SSSR count). The van der Waals surface area contributed by atoms with Crippen LogP contribution in [0, 0.1) is 16.0 Å². The maximum absolute atomic E-state index is 10.8. The van der Waals surface area contributed by atoms with Gasteiger partial charge in [-0.1, -0.05) is 16.8 Å². The van der Waals surface area contributed by atoms with Gasteiger partial charge in [0.25, 0.3) is 5.69 Å². The number of nitro benzene ring substituents is 1. The number of aromatic hydroxyl groups is 1. The van der Waals surface area contributed by atoms with E-state index in [0.29, 0.717) is 5.75 Å². The second-order valence-electron chi connectivity index (χ2n) is 7.38. The first-order chi connectivity index (χ1) is 15.0. The van der Waals surface area contributed by atoms with E-state index in [1.807, 2.05) is 12.1 Å². The van der Waals surface area contributed by atoms with Gasteiger partial charge in [0.1, 0.15) is 6.61 Å². The van der Waals surface area contributed by atoms with Gasteiger partial charge in [0, 0.05) is 23.6 Å². The Labute approximate surface area is 180 Å². The molecule has 0 radical (unpaired) electrons. The molecule has 1 aliphatic carbocycles. The summed E-state index contributed by atoms with van der Waals surface area (Å²) in [5.41, 5.74) is 3.52. The summed E-state index contributed by atoms with van der Waals surface area (Å²) >= 11 is 0. The van der Waals surface area contributed by atoms with Crippen molar-refractivity contribution < 1.29 is 24.7 Å². The van der Waals surface area contributed by atoms with Crippen molar-refractivity contribution in [1.29, 1.82) is 0 Å². The summed E-state index contributed by atoms with van der Waals surface area (Å²) in [5.74, 6) is 0.548. The number of rotatable bonds is 8. The molecule has 0 aromatic heterocycles. The molecule has 164 valence electrons. The number of hydrogen-bond acceptors (Lipinski definition) is 7. The molecule has 2 N–H and O–H groups in total. The van der Waals surface area contributed by atoms with E-state index in [4.69, 9.17) is 14.7 Å². The Kier molecular flexibility index (Phi) is 7.61. The second kappa shape index (κ2) is 10.6. The van der Waals surface area contributed by atoms with E-state index < -0.39 is 4.92 Å². The number of oxime groups is 1. The predicted molar refractivity (Wildman–Crippen MR) is 116 cm³/mol. The van der Waals surface area contributed by atoms with Gasteiger partial charge in [-0.15, -0.1) is 0 Å². The molecule has 2 aromatic carbocycles. The summed E-state index contributed by atoms with van der Waals surface area (Å²) in [6.07, 6.45) is 5.32. The average molecular weight is 426 g/mol. The zero-order valence-electron chi connectivity index (χ0n) is 17.4. The number of non-ortho nitro benzene ring substituents is 1. The molecule has 0 saturated heterocycles. The first kappa shape index (κ1) is 22.3. The van der Waals surface area contributed by atoms with Crippen molar-refractivity contribution in [2.75, 3.05) is 13.7 Å². The van der Waals surface area contributed by atoms with E-state index in [1.165, 1.54) is 24.8 Å². The van der Waals surface area contributed by atoms with E-state index in [9.17, 15) is 15.2 Å². The number of phenols is 1. The zero-order chi connectivity index (χ0) is 22.2. The van der Waals surface area contributed by atoms with Gasteiger partial charge in [0.2, 0.25) is 0 Å². The van der Waals surface area contributed by atoms with Gasteiger partial charge >= 0.3 is 0 Å². The summed E-state index contributed by atoms with van der Waals surface area (Å²) < 4.78 is 5.13. The minimum Gasteiger partial charge on any atom is -0.504 e. The number of methoxy groups -OCH3 is 1. The van der Waals surface area contributed by atoms with Crippen LogP contribution in [0.5, 0.6) is 11.5 Å². The molecular weight excluding hydrogens is 400 g/mol. The summed E-state index contributed by atoms with van der Waals surface area (Å²) in [4.78, 5) is 16.0. The number of allylic oxidation sites excluding steroid dienone is 1. The van der Waals surface area contributed by atoms with Crippen molar-refractivity contribution in [3.63, 3.8) is 0 Å². The standard InChI is InChI=1S/C23H26N2O6/c1-30-22-11-8-19(14-21(22)27)23(18-6-2-16(3-7-18)12-13-26)24-31-15-17-4-9-20(10-5-17)25(28)29/h4-5,8-12,14,18,26-27H,2-3,6-7,13,15H2,1H3/b16-12?,24-23+. The topological polar surface area (TPSA) is 114 Å². The third kappa shape index (κ3) is 5.82. The highest BCUT2D eigenvalue weighted by Crippen LogP contribution is 2.33. The molecular formula is C23H26N2O6. The Morgan fingerprint density at radius 2 is 1.94 bits per heavy atom. The van der Waals surface area contributed by atoms with Crippen molar-refractivity contribution in [1.82, 2.24) is 0 Å². The van der Waals surface area contributed by atoms with Crippen molar-refractivity contribution in [2.45, 2.75) is 32.3 Å². The van der Waals surface area contributed by atoms with Crippen molar-refractivity contribution in [3.05, 3.63) is 75.4 Å². The highest BCUT2D eigenvalue weighted by Gasteiger charge is 2.24. The Morgan fingerprint density at radius 1 is 1.23 bits per heavy atom. The van der Waals surface area contributed by atoms with Gasteiger partial charge in [0.15, 0.2) is 11.5 Å². The largest absolute Gasteiger partial charge is 0.504 e. The molecule has 1 aliphatic rings. The molecule has 0 aliphatic heterocycles. The summed E-state index contributed by atoms with van der Waals surface area (Å²) in [6.45, 7) is 0.220. The van der Waals surface area contributed by atoms with Crippen LogP contribution in [0.1, 0.15) is 36.8 Å². The number of benzene rings is 2. The molecule has 0 heterocycles. The molecule has 31 heavy (non-hydrogen) atoms. The fourth-order valence-corrected chi connectivity index (χ4v) is 3.70. The molecule has 8 nitrogen and oxygen atoms in total. The fraction of sp³-hybridized carbons (Fsp3) is 0.348. The molecule has 0 atom stereocenters. The molecule has 2 aromatic rings. The van der Waals surface area contributed by atoms with Crippen molar-refractivity contribution >= 4 is 11.4 Å². The van der Waals surface area contributed by atoms with E-state index in [2.05, 4.69) is 5.16 Å². The molecule has 1 saturated carbocycles. The van der Waals surface area contributed by atoms with Crippen LogP contribution >= 0.6 is 0 Å². The lowest BCUT2D eigenvalue weighted by Gasteiger charge is -2.25. The second-order valence-corrected chi connectivity index (χ2v) is 7.38. The van der Waals surface area contributed by atoms with Gasteiger partial charge in [-0.25, -0.2) is 0 Å². The number of nitrogens with zero attached hydrogens (tertiary/aromatic N) is 2. The molecule has 0 bridgehead atoms. The normalized spacial score (nSPS) is 16.6. The highest BCUT2D eigenvalue weighted by molar-refractivity contribution is 6.02. The number of aliphatic hydroxyl groups is 1. The van der Waals surface area contributed by atoms with Crippen LogP contribution in [0.15, 0.2) is 59.3 Å². The maximum Gasteiger partial charge on any atom is 0.269 e. The lowest BCUT2D eigenvalue weighted by atomic mass is 9.81. The van der Waals surface area contributed by atoms with Crippen LogP contribution in [0.2, 0.25) is 0 Å². The first-order valence-electron chi connectivity index (χ1n) is 10.1. The van der Waals surface area contributed by atoms with Crippen LogP contribution in [0.25, 0.3) is 0 Å². The van der Waals surface area contributed by atoms with Gasteiger partial charge in [-0.3, -0.25) is 10.1 Å². The number of nitro groups is 1.